The summed E-state index contributed by atoms with van der Waals surface area (Å²) in [5.74, 6) is -0.766. The molecule has 92 valence electrons. The first-order valence-corrected chi connectivity index (χ1v) is 5.66. The predicted molar refractivity (Wildman–Crippen MR) is 65.9 cm³/mol. The highest BCUT2D eigenvalue weighted by atomic mass is 35.5. The number of hydrogen-bond donors (Lipinski definition) is 1. The molecule has 0 aliphatic rings. The van der Waals surface area contributed by atoms with E-state index >= 15 is 0 Å². The lowest BCUT2D eigenvalue weighted by Gasteiger charge is -2.12. The minimum Gasteiger partial charge on any atom is -0.453 e. The lowest BCUT2D eigenvalue weighted by Crippen LogP contribution is -2.29. The van der Waals surface area contributed by atoms with Crippen molar-refractivity contribution in [2.24, 2.45) is 0 Å². The van der Waals surface area contributed by atoms with E-state index in [1.54, 1.807) is 31.2 Å². The topological polar surface area (TPSA) is 55.4 Å². The summed E-state index contributed by atoms with van der Waals surface area (Å²) in [5, 5.41) is 3.21. The van der Waals surface area contributed by atoms with Crippen LogP contribution in [0.25, 0.3) is 0 Å². The third-order valence-electron chi connectivity index (χ3n) is 2.08. The van der Waals surface area contributed by atoms with Gasteiger partial charge in [-0.1, -0.05) is 18.5 Å². The van der Waals surface area contributed by atoms with Crippen molar-refractivity contribution in [3.63, 3.8) is 0 Å². The molecule has 17 heavy (non-hydrogen) atoms. The molecule has 0 aromatic heterocycles. The molecule has 5 heteroatoms. The van der Waals surface area contributed by atoms with Crippen LogP contribution in [-0.2, 0) is 14.3 Å². The quantitative estimate of drug-likeness (QED) is 0.842. The van der Waals surface area contributed by atoms with Crippen LogP contribution >= 0.6 is 11.6 Å². The van der Waals surface area contributed by atoms with Gasteiger partial charge in [0.05, 0.1) is 0 Å². The lowest BCUT2D eigenvalue weighted by atomic mass is 10.3. The maximum absolute atomic E-state index is 11.6. The summed E-state index contributed by atoms with van der Waals surface area (Å²) >= 11 is 5.72. The fourth-order valence-electron chi connectivity index (χ4n) is 1.11. The second kappa shape index (κ2) is 6.25. The van der Waals surface area contributed by atoms with Gasteiger partial charge < -0.3 is 10.1 Å². The van der Waals surface area contributed by atoms with Crippen LogP contribution < -0.4 is 5.32 Å². The molecule has 0 aliphatic heterocycles. The summed E-state index contributed by atoms with van der Waals surface area (Å²) in [6, 6.07) is 6.68. The number of carbonyl (C=O) groups excluding carboxylic acids is 2. The molecule has 1 amide bonds. The Balaban J connectivity index is 2.54. The second-order valence-electron chi connectivity index (χ2n) is 3.48. The third-order valence-corrected chi connectivity index (χ3v) is 2.33. The largest absolute Gasteiger partial charge is 0.453 e. The van der Waals surface area contributed by atoms with E-state index < -0.39 is 12.1 Å². The molecule has 1 aromatic carbocycles. The van der Waals surface area contributed by atoms with Crippen molar-refractivity contribution >= 4 is 29.2 Å². The second-order valence-corrected chi connectivity index (χ2v) is 3.92. The van der Waals surface area contributed by atoms with Gasteiger partial charge in [-0.3, -0.25) is 9.59 Å². The Bertz CT molecular complexity index is 403. The molecule has 0 saturated carbocycles. The van der Waals surface area contributed by atoms with Crippen molar-refractivity contribution in [3.05, 3.63) is 29.3 Å². The molecule has 0 spiro atoms. The van der Waals surface area contributed by atoms with E-state index in [0.29, 0.717) is 10.7 Å². The molecule has 1 aromatic rings. The summed E-state index contributed by atoms with van der Waals surface area (Å²) in [6.07, 6.45) is -0.559. The van der Waals surface area contributed by atoms with E-state index in [9.17, 15) is 9.59 Å². The zero-order chi connectivity index (χ0) is 12.8. The summed E-state index contributed by atoms with van der Waals surface area (Å²) < 4.78 is 4.88. The number of hydrogen-bond acceptors (Lipinski definition) is 3. The Hall–Kier alpha value is -1.55. The maximum atomic E-state index is 11.6. The van der Waals surface area contributed by atoms with Gasteiger partial charge in [0.1, 0.15) is 0 Å². The number of anilines is 1. The number of benzene rings is 1. The Morgan fingerprint density at radius 3 is 2.47 bits per heavy atom. The molecule has 0 fully saturated rings. The molecule has 0 saturated heterocycles. The zero-order valence-corrected chi connectivity index (χ0v) is 10.5. The molecule has 0 unspecified atom stereocenters. The van der Waals surface area contributed by atoms with Crippen molar-refractivity contribution in [2.45, 2.75) is 26.4 Å². The number of rotatable bonds is 4. The third kappa shape index (κ3) is 4.44. The minimum atomic E-state index is -0.807. The molecule has 0 radical (unpaired) electrons. The van der Waals surface area contributed by atoms with Crippen LogP contribution in [-0.4, -0.2) is 18.0 Å². The molecular formula is C12H14ClNO3. The van der Waals surface area contributed by atoms with Crippen LogP contribution in [0.5, 0.6) is 0 Å². The normalized spacial score (nSPS) is 11.7. The number of ether oxygens (including phenoxy) is 1. The van der Waals surface area contributed by atoms with Gasteiger partial charge in [0.15, 0.2) is 6.10 Å². The maximum Gasteiger partial charge on any atom is 0.306 e. The van der Waals surface area contributed by atoms with Crippen LogP contribution in [0.15, 0.2) is 24.3 Å². The molecule has 1 atom stereocenters. The monoisotopic (exact) mass is 255 g/mol. The number of carbonyl (C=O) groups is 2. The van der Waals surface area contributed by atoms with Crippen LogP contribution in [0.2, 0.25) is 5.02 Å². The molecule has 0 aliphatic carbocycles. The van der Waals surface area contributed by atoms with E-state index in [1.165, 1.54) is 6.92 Å². The summed E-state index contributed by atoms with van der Waals surface area (Å²) in [6.45, 7) is 3.20. The smallest absolute Gasteiger partial charge is 0.306 e. The highest BCUT2D eigenvalue weighted by Gasteiger charge is 2.16. The first-order chi connectivity index (χ1) is 8.02. The molecule has 1 N–H and O–H groups in total. The van der Waals surface area contributed by atoms with E-state index in [4.69, 9.17) is 16.3 Å². The Morgan fingerprint density at radius 2 is 1.94 bits per heavy atom. The number of nitrogens with one attached hydrogen (secondary N) is 1. The Morgan fingerprint density at radius 1 is 1.35 bits per heavy atom. The molecule has 0 bridgehead atoms. The molecule has 4 nitrogen and oxygen atoms in total. The van der Waals surface area contributed by atoms with Crippen molar-refractivity contribution in [2.75, 3.05) is 5.32 Å². The van der Waals surface area contributed by atoms with Crippen molar-refractivity contribution < 1.29 is 14.3 Å². The van der Waals surface area contributed by atoms with Gasteiger partial charge in [0.2, 0.25) is 0 Å². The summed E-state index contributed by atoms with van der Waals surface area (Å²) in [5.41, 5.74) is 0.610. The average Bonchev–Trinajstić information content (AvgIpc) is 2.31. The first-order valence-electron chi connectivity index (χ1n) is 5.29. The zero-order valence-electron chi connectivity index (χ0n) is 9.70. The fourth-order valence-corrected chi connectivity index (χ4v) is 1.24. The van der Waals surface area contributed by atoms with Crippen molar-refractivity contribution in [1.82, 2.24) is 0 Å². The van der Waals surface area contributed by atoms with Gasteiger partial charge in [0, 0.05) is 17.1 Å². The summed E-state index contributed by atoms with van der Waals surface area (Å²) in [7, 11) is 0. The summed E-state index contributed by atoms with van der Waals surface area (Å²) in [4.78, 5) is 22.6. The van der Waals surface area contributed by atoms with Gasteiger partial charge in [0.25, 0.3) is 5.91 Å². The molecule has 1 rings (SSSR count). The van der Waals surface area contributed by atoms with Crippen LogP contribution in [0, 0.1) is 0 Å². The van der Waals surface area contributed by atoms with Crippen LogP contribution in [0.3, 0.4) is 0 Å². The average molecular weight is 256 g/mol. The van der Waals surface area contributed by atoms with E-state index in [0.717, 1.165) is 0 Å². The molecule has 0 heterocycles. The van der Waals surface area contributed by atoms with Crippen molar-refractivity contribution in [1.29, 1.82) is 0 Å². The SMILES string of the molecule is CCC(=O)O[C@@H](C)C(=O)Nc1ccc(Cl)cc1. The predicted octanol–water partition coefficient (Wildman–Crippen LogP) is 2.62. The van der Waals surface area contributed by atoms with Gasteiger partial charge in [-0.15, -0.1) is 0 Å². The highest BCUT2D eigenvalue weighted by molar-refractivity contribution is 6.30. The van der Waals surface area contributed by atoms with Crippen LogP contribution in [0.4, 0.5) is 5.69 Å². The Labute approximate surface area is 105 Å². The lowest BCUT2D eigenvalue weighted by molar-refractivity contribution is -0.152. The van der Waals surface area contributed by atoms with E-state index in [1.807, 2.05) is 0 Å². The number of halogens is 1. The first kappa shape index (κ1) is 13.5. The van der Waals surface area contributed by atoms with Gasteiger partial charge in [-0.05, 0) is 31.2 Å². The number of amides is 1. The van der Waals surface area contributed by atoms with Gasteiger partial charge in [-0.25, -0.2) is 0 Å². The van der Waals surface area contributed by atoms with E-state index in [2.05, 4.69) is 5.32 Å². The van der Waals surface area contributed by atoms with Crippen LogP contribution in [0.1, 0.15) is 20.3 Å². The Kier molecular flexibility index (Phi) is 4.97. The van der Waals surface area contributed by atoms with Crippen molar-refractivity contribution in [3.8, 4) is 0 Å². The van der Waals surface area contributed by atoms with Gasteiger partial charge >= 0.3 is 5.97 Å². The highest BCUT2D eigenvalue weighted by Crippen LogP contribution is 2.13. The number of esters is 1. The van der Waals surface area contributed by atoms with E-state index in [-0.39, 0.29) is 12.3 Å². The minimum absolute atomic E-state index is 0.249. The molecular weight excluding hydrogens is 242 g/mol. The standard InChI is InChI=1S/C12H14ClNO3/c1-3-11(15)17-8(2)12(16)14-10-6-4-9(13)5-7-10/h4-8H,3H2,1-2H3,(H,14,16)/t8-/m0/s1. The fraction of sp³-hybridized carbons (Fsp3) is 0.333. The van der Waals surface area contributed by atoms with Gasteiger partial charge in [-0.2, -0.15) is 0 Å².